The third kappa shape index (κ3) is 15.4. The van der Waals surface area contributed by atoms with Gasteiger partial charge in [-0.3, -0.25) is 4.79 Å². The molecule has 0 saturated heterocycles. The summed E-state index contributed by atoms with van der Waals surface area (Å²) in [6.07, 6.45) is 1.10. The van der Waals surface area contributed by atoms with Crippen LogP contribution in [-0.4, -0.2) is 62.0 Å². The van der Waals surface area contributed by atoms with E-state index in [0.717, 1.165) is 33.0 Å². The number of carboxylic acid groups (broad SMARTS) is 1. The summed E-state index contributed by atoms with van der Waals surface area (Å²) in [6.45, 7) is 12.2. The summed E-state index contributed by atoms with van der Waals surface area (Å²) >= 11 is 0. The van der Waals surface area contributed by atoms with Crippen LogP contribution in [0.4, 0.5) is 0 Å². The highest BCUT2D eigenvalue weighted by Crippen LogP contribution is 2.02. The van der Waals surface area contributed by atoms with Crippen molar-refractivity contribution in [3.05, 3.63) is 0 Å². The van der Waals surface area contributed by atoms with Crippen LogP contribution in [-0.2, 0) is 14.3 Å². The maximum Gasteiger partial charge on any atom is 0.300 e. The Kier molecular flexibility index (Phi) is 15.8. The summed E-state index contributed by atoms with van der Waals surface area (Å²) in [6, 6.07) is 0.618. The highest BCUT2D eigenvalue weighted by Gasteiger charge is 2.08. The molecule has 0 aromatic heterocycles. The lowest BCUT2D eigenvalue weighted by Gasteiger charge is -2.26. The minimum absolute atomic E-state index is 0.618. The van der Waals surface area contributed by atoms with Crippen LogP contribution in [0, 0.1) is 0 Å². The quantitative estimate of drug-likeness (QED) is 0.643. The van der Waals surface area contributed by atoms with Crippen LogP contribution in [0.2, 0.25) is 0 Å². The molecule has 5 nitrogen and oxygen atoms in total. The molecule has 1 N–H and O–H groups in total. The zero-order valence-electron chi connectivity index (χ0n) is 12.4. The number of carboxylic acids is 1. The first-order valence-electron chi connectivity index (χ1n) is 6.49. The first-order valence-corrected chi connectivity index (χ1v) is 6.49. The van der Waals surface area contributed by atoms with E-state index in [1.54, 1.807) is 7.11 Å². The van der Waals surface area contributed by atoms with E-state index in [1.165, 1.54) is 0 Å². The second kappa shape index (κ2) is 14.4. The van der Waals surface area contributed by atoms with E-state index < -0.39 is 5.97 Å². The number of ether oxygens (including phenoxy) is 2. The zero-order valence-corrected chi connectivity index (χ0v) is 12.4. The first-order chi connectivity index (χ1) is 8.49. The van der Waals surface area contributed by atoms with Crippen molar-refractivity contribution < 1.29 is 19.4 Å². The molecule has 0 heterocycles. The molecule has 0 bridgehead atoms. The molecule has 0 spiro atoms. The number of carbonyl (C=O) groups is 1. The Morgan fingerprint density at radius 1 is 1.22 bits per heavy atom. The Morgan fingerprint density at radius 2 is 1.72 bits per heavy atom. The van der Waals surface area contributed by atoms with Crippen LogP contribution >= 0.6 is 0 Å². The molecule has 18 heavy (non-hydrogen) atoms. The third-order valence-electron chi connectivity index (χ3n) is 2.55. The molecule has 0 amide bonds. The van der Waals surface area contributed by atoms with E-state index in [-0.39, 0.29) is 0 Å². The Balaban J connectivity index is 0. The summed E-state index contributed by atoms with van der Waals surface area (Å²) in [7, 11) is 1.70. The monoisotopic (exact) mass is 263 g/mol. The lowest BCUT2D eigenvalue weighted by molar-refractivity contribution is -0.134. The van der Waals surface area contributed by atoms with Crippen LogP contribution in [0.3, 0.4) is 0 Å². The van der Waals surface area contributed by atoms with Crippen molar-refractivity contribution in [3.8, 4) is 0 Å². The smallest absolute Gasteiger partial charge is 0.300 e. The lowest BCUT2D eigenvalue weighted by Crippen LogP contribution is -2.33. The van der Waals surface area contributed by atoms with E-state index in [2.05, 4.69) is 25.7 Å². The van der Waals surface area contributed by atoms with Gasteiger partial charge in [-0.15, -0.1) is 0 Å². The van der Waals surface area contributed by atoms with Crippen LogP contribution in [0.15, 0.2) is 0 Å². The number of hydrogen-bond donors (Lipinski definition) is 1. The number of methoxy groups -OCH3 is 1. The summed E-state index contributed by atoms with van der Waals surface area (Å²) < 4.78 is 10.3. The van der Waals surface area contributed by atoms with E-state index in [4.69, 9.17) is 19.4 Å². The van der Waals surface area contributed by atoms with Gasteiger partial charge in [0.2, 0.25) is 0 Å². The van der Waals surface area contributed by atoms with Gasteiger partial charge in [0.25, 0.3) is 5.97 Å². The van der Waals surface area contributed by atoms with E-state index in [0.29, 0.717) is 19.3 Å². The van der Waals surface area contributed by atoms with Crippen LogP contribution in [0.1, 0.15) is 34.1 Å². The van der Waals surface area contributed by atoms with Gasteiger partial charge >= 0.3 is 0 Å². The molecule has 0 aliphatic rings. The van der Waals surface area contributed by atoms with Gasteiger partial charge in [-0.1, -0.05) is 13.8 Å². The normalized spacial score (nSPS) is 11.9. The highest BCUT2D eigenvalue weighted by molar-refractivity contribution is 5.62. The van der Waals surface area contributed by atoms with Crippen molar-refractivity contribution in [2.24, 2.45) is 0 Å². The average molecular weight is 263 g/mol. The predicted molar refractivity (Wildman–Crippen MR) is 73.0 cm³/mol. The minimum atomic E-state index is -0.833. The summed E-state index contributed by atoms with van der Waals surface area (Å²) in [5, 5.41) is 7.42. The average Bonchev–Trinajstić information content (AvgIpc) is 2.29. The van der Waals surface area contributed by atoms with Gasteiger partial charge in [0, 0.05) is 26.7 Å². The highest BCUT2D eigenvalue weighted by atomic mass is 16.5. The van der Waals surface area contributed by atoms with Crippen LogP contribution in [0.5, 0.6) is 0 Å². The molecule has 0 saturated carbocycles. The number of nitrogens with zero attached hydrogens (tertiary/aromatic N) is 1. The topological polar surface area (TPSA) is 59.0 Å². The Hall–Kier alpha value is -0.650. The van der Waals surface area contributed by atoms with E-state index in [9.17, 15) is 0 Å². The molecule has 0 aliphatic carbocycles. The van der Waals surface area contributed by atoms with Gasteiger partial charge in [0.15, 0.2) is 0 Å². The number of rotatable bonds is 9. The second-order valence-corrected chi connectivity index (χ2v) is 3.98. The largest absolute Gasteiger partial charge is 0.481 e. The number of hydrogen-bond acceptors (Lipinski definition) is 4. The van der Waals surface area contributed by atoms with Crippen molar-refractivity contribution in [2.75, 3.05) is 40.0 Å². The standard InChI is InChI=1S/C11H25NO2.C2H4O2/c1-5-12(6-2)11(3)7-8-14-10-9-13-4;1-2(3)4/h11H,5-10H2,1-4H3;1H3,(H,3,4). The van der Waals surface area contributed by atoms with Gasteiger partial charge < -0.3 is 19.5 Å². The van der Waals surface area contributed by atoms with Gasteiger partial charge in [-0.25, -0.2) is 0 Å². The Morgan fingerprint density at radius 3 is 2.11 bits per heavy atom. The Bertz CT molecular complexity index is 180. The third-order valence-corrected chi connectivity index (χ3v) is 2.55. The van der Waals surface area contributed by atoms with Crippen molar-refractivity contribution >= 4 is 5.97 Å². The van der Waals surface area contributed by atoms with Crippen molar-refractivity contribution in [3.63, 3.8) is 0 Å². The fourth-order valence-electron chi connectivity index (χ4n) is 1.53. The fourth-order valence-corrected chi connectivity index (χ4v) is 1.53. The van der Waals surface area contributed by atoms with Crippen LogP contribution < -0.4 is 0 Å². The SMILES string of the molecule is CC(=O)O.CCN(CC)C(C)CCOCCOC. The molecule has 0 radical (unpaired) electrons. The molecular formula is C13H29NO4. The van der Waals surface area contributed by atoms with Gasteiger partial charge in [0.05, 0.1) is 13.2 Å². The van der Waals surface area contributed by atoms with Crippen LogP contribution in [0.25, 0.3) is 0 Å². The predicted octanol–water partition coefficient (Wildman–Crippen LogP) is 1.86. The minimum Gasteiger partial charge on any atom is -0.481 e. The van der Waals surface area contributed by atoms with Crippen molar-refractivity contribution in [1.82, 2.24) is 4.90 Å². The Labute approximate surface area is 111 Å². The molecule has 0 aromatic rings. The maximum absolute atomic E-state index is 9.00. The molecule has 5 heteroatoms. The molecule has 0 aromatic carbocycles. The molecule has 1 atom stereocenters. The second-order valence-electron chi connectivity index (χ2n) is 3.98. The zero-order chi connectivity index (χ0) is 14.4. The number of aliphatic carboxylic acids is 1. The van der Waals surface area contributed by atoms with Gasteiger partial charge in [-0.2, -0.15) is 0 Å². The molecule has 0 aliphatic heterocycles. The van der Waals surface area contributed by atoms with Crippen molar-refractivity contribution in [1.29, 1.82) is 0 Å². The molecule has 110 valence electrons. The van der Waals surface area contributed by atoms with Gasteiger partial charge in [-0.05, 0) is 26.4 Å². The molecule has 1 unspecified atom stereocenters. The van der Waals surface area contributed by atoms with E-state index in [1.807, 2.05) is 0 Å². The first kappa shape index (κ1) is 19.7. The maximum atomic E-state index is 9.00. The summed E-state index contributed by atoms with van der Waals surface area (Å²) in [4.78, 5) is 11.4. The molecule has 0 rings (SSSR count). The lowest BCUT2D eigenvalue weighted by atomic mass is 10.2. The fraction of sp³-hybridized carbons (Fsp3) is 0.923. The molecular weight excluding hydrogens is 234 g/mol. The van der Waals surface area contributed by atoms with Crippen molar-refractivity contribution in [2.45, 2.75) is 40.2 Å². The summed E-state index contributed by atoms with van der Waals surface area (Å²) in [5.74, 6) is -0.833. The van der Waals surface area contributed by atoms with E-state index >= 15 is 0 Å². The molecule has 0 fully saturated rings. The summed E-state index contributed by atoms with van der Waals surface area (Å²) in [5.41, 5.74) is 0. The van der Waals surface area contributed by atoms with Gasteiger partial charge in [0.1, 0.15) is 0 Å².